The molecule has 0 N–H and O–H groups in total. The van der Waals surface area contributed by atoms with E-state index in [1.54, 1.807) is 0 Å². The van der Waals surface area contributed by atoms with Gasteiger partial charge in [0.1, 0.15) is 4.90 Å². The molecule has 1 aromatic rings. The molecule has 0 aliphatic heterocycles. The molecule has 1 aromatic carbocycles. The third-order valence-electron chi connectivity index (χ3n) is 2.27. The van der Waals surface area contributed by atoms with Crippen LogP contribution in [-0.4, -0.2) is 8.42 Å². The first-order valence-corrected chi connectivity index (χ1v) is 7.11. The van der Waals surface area contributed by atoms with E-state index in [1.165, 1.54) is 0 Å². The lowest BCUT2D eigenvalue weighted by Crippen LogP contribution is -2.20. The van der Waals surface area contributed by atoms with E-state index < -0.39 is 61.3 Å². The van der Waals surface area contributed by atoms with Gasteiger partial charge >= 0.3 is 18.5 Å². The van der Waals surface area contributed by atoms with Gasteiger partial charge in [-0.1, -0.05) is 0 Å². The zero-order valence-electron chi connectivity index (χ0n) is 9.66. The summed E-state index contributed by atoms with van der Waals surface area (Å²) in [5, 5.41) is 0. The summed E-state index contributed by atoms with van der Waals surface area (Å²) in [4.78, 5) is -2.47. The Kier molecular flexibility index (Phi) is 4.45. The molecule has 126 valence electrons. The molecule has 0 heterocycles. The van der Waals surface area contributed by atoms with Gasteiger partial charge < -0.3 is 0 Å². The van der Waals surface area contributed by atoms with Gasteiger partial charge in [-0.25, -0.2) is 8.42 Å². The van der Waals surface area contributed by atoms with Gasteiger partial charge in [-0.15, -0.1) is 0 Å². The molecule has 0 aliphatic rings. The molecular weight excluding hydrogens is 379 g/mol. The van der Waals surface area contributed by atoms with Crippen LogP contribution in [0.5, 0.6) is 0 Å². The van der Waals surface area contributed by atoms with Crippen LogP contribution in [-0.2, 0) is 27.6 Å². The van der Waals surface area contributed by atoms with Crippen LogP contribution < -0.4 is 0 Å². The largest absolute Gasteiger partial charge is 0.417 e. The molecule has 0 aromatic heterocycles. The zero-order valence-corrected chi connectivity index (χ0v) is 11.2. The fourth-order valence-corrected chi connectivity index (χ4v) is 2.85. The highest BCUT2D eigenvalue weighted by Gasteiger charge is 2.47. The fourth-order valence-electron chi connectivity index (χ4n) is 1.48. The molecule has 0 spiro atoms. The summed E-state index contributed by atoms with van der Waals surface area (Å²) in [6, 6.07) is -1.49. The third-order valence-corrected chi connectivity index (χ3v) is 3.66. The molecular formula is C9H2ClF9O2S. The van der Waals surface area contributed by atoms with E-state index >= 15 is 0 Å². The van der Waals surface area contributed by atoms with Gasteiger partial charge in [-0.05, 0) is 12.1 Å². The number of hydrogen-bond acceptors (Lipinski definition) is 2. The molecule has 0 amide bonds. The second-order valence-electron chi connectivity index (χ2n) is 3.83. The Bertz CT molecular complexity index is 650. The second-order valence-corrected chi connectivity index (χ2v) is 6.33. The number of rotatable bonds is 1. The summed E-state index contributed by atoms with van der Waals surface area (Å²) in [7, 11) is -1.09. The van der Waals surface area contributed by atoms with Crippen LogP contribution >= 0.6 is 10.7 Å². The van der Waals surface area contributed by atoms with Crippen molar-refractivity contribution in [3.05, 3.63) is 28.8 Å². The van der Waals surface area contributed by atoms with E-state index in [4.69, 9.17) is 0 Å². The van der Waals surface area contributed by atoms with E-state index in [-0.39, 0.29) is 0 Å². The van der Waals surface area contributed by atoms with Gasteiger partial charge in [-0.3, -0.25) is 0 Å². The molecule has 0 atom stereocenters. The minimum atomic E-state index is -5.81. The predicted molar refractivity (Wildman–Crippen MR) is 54.5 cm³/mol. The van der Waals surface area contributed by atoms with Crippen molar-refractivity contribution in [2.45, 2.75) is 23.4 Å². The van der Waals surface area contributed by atoms with Crippen molar-refractivity contribution >= 4 is 19.7 Å². The SMILES string of the molecule is O=S(=O)(Cl)c1c(C(F)(F)F)cc(C(F)(F)F)cc1C(F)(F)F. The first-order chi connectivity index (χ1) is 9.45. The summed E-state index contributed by atoms with van der Waals surface area (Å²) in [5.41, 5.74) is -7.61. The number of alkyl halides is 9. The number of benzene rings is 1. The van der Waals surface area contributed by atoms with Crippen molar-refractivity contribution in [3.8, 4) is 0 Å². The lowest BCUT2D eigenvalue weighted by Gasteiger charge is -2.19. The Morgan fingerprint density at radius 2 is 1.05 bits per heavy atom. The summed E-state index contributed by atoms with van der Waals surface area (Å²) in [5.74, 6) is 0. The summed E-state index contributed by atoms with van der Waals surface area (Å²) < 4.78 is 135. The molecule has 0 radical (unpaired) electrons. The molecule has 1 rings (SSSR count). The van der Waals surface area contributed by atoms with Crippen molar-refractivity contribution in [1.29, 1.82) is 0 Å². The highest BCUT2D eigenvalue weighted by molar-refractivity contribution is 8.13. The number of halogens is 10. The van der Waals surface area contributed by atoms with Gasteiger partial charge in [0.25, 0.3) is 9.05 Å². The molecule has 0 aliphatic carbocycles. The van der Waals surface area contributed by atoms with Crippen molar-refractivity contribution < 1.29 is 47.9 Å². The van der Waals surface area contributed by atoms with E-state index in [9.17, 15) is 47.9 Å². The predicted octanol–water partition coefficient (Wildman–Crippen LogP) is 4.67. The van der Waals surface area contributed by atoms with Gasteiger partial charge in [0.05, 0.1) is 16.7 Å². The highest BCUT2D eigenvalue weighted by Crippen LogP contribution is 2.46. The number of hydrogen-bond donors (Lipinski definition) is 0. The second kappa shape index (κ2) is 5.18. The lowest BCUT2D eigenvalue weighted by atomic mass is 10.0. The van der Waals surface area contributed by atoms with Crippen molar-refractivity contribution in [3.63, 3.8) is 0 Å². The molecule has 22 heavy (non-hydrogen) atoms. The van der Waals surface area contributed by atoms with Gasteiger partial charge in [0, 0.05) is 10.7 Å². The zero-order chi connectivity index (χ0) is 17.7. The molecule has 0 unspecified atom stereocenters. The van der Waals surface area contributed by atoms with Crippen LogP contribution in [0.4, 0.5) is 39.5 Å². The van der Waals surface area contributed by atoms with Gasteiger partial charge in [0.15, 0.2) is 0 Å². The molecule has 2 nitrogen and oxygen atoms in total. The standard InChI is InChI=1S/C9H2ClF9O2S/c10-22(20,21)6-4(8(14,15)16)1-3(7(11,12)13)2-5(6)9(17,18)19/h1-2H. The first kappa shape index (κ1) is 18.9. The monoisotopic (exact) mass is 380 g/mol. The van der Waals surface area contributed by atoms with E-state index in [1.807, 2.05) is 0 Å². The smallest absolute Gasteiger partial charge is 0.207 e. The molecule has 13 heteroatoms. The average Bonchev–Trinajstić information content (AvgIpc) is 2.22. The first-order valence-electron chi connectivity index (χ1n) is 4.80. The Hall–Kier alpha value is -1.17. The normalized spacial score (nSPS) is 14.3. The average molecular weight is 381 g/mol. The van der Waals surface area contributed by atoms with Crippen LogP contribution in [0, 0.1) is 0 Å². The van der Waals surface area contributed by atoms with Crippen LogP contribution in [0.25, 0.3) is 0 Å². The Morgan fingerprint density at radius 3 is 1.23 bits per heavy atom. The minimum absolute atomic E-state index is 0.746. The van der Waals surface area contributed by atoms with Gasteiger partial charge in [-0.2, -0.15) is 39.5 Å². The van der Waals surface area contributed by atoms with Crippen LogP contribution in [0.2, 0.25) is 0 Å². The summed E-state index contributed by atoms with van der Waals surface area (Å²) >= 11 is 0. The maximum absolute atomic E-state index is 12.7. The Morgan fingerprint density at radius 1 is 0.727 bits per heavy atom. The molecule has 0 saturated heterocycles. The topological polar surface area (TPSA) is 34.1 Å². The van der Waals surface area contributed by atoms with Crippen molar-refractivity contribution in [2.24, 2.45) is 0 Å². The third kappa shape index (κ3) is 3.97. The molecule has 0 bridgehead atoms. The van der Waals surface area contributed by atoms with Crippen LogP contribution in [0.3, 0.4) is 0 Å². The van der Waals surface area contributed by atoms with E-state index in [0.29, 0.717) is 0 Å². The van der Waals surface area contributed by atoms with Crippen LogP contribution in [0.1, 0.15) is 16.7 Å². The lowest BCUT2D eigenvalue weighted by molar-refractivity contribution is -0.152. The maximum Gasteiger partial charge on any atom is 0.417 e. The van der Waals surface area contributed by atoms with Crippen LogP contribution in [0.15, 0.2) is 17.0 Å². The Labute approximate surface area is 120 Å². The van der Waals surface area contributed by atoms with Gasteiger partial charge in [0.2, 0.25) is 0 Å². The highest BCUT2D eigenvalue weighted by atomic mass is 35.7. The van der Waals surface area contributed by atoms with E-state index in [2.05, 4.69) is 10.7 Å². The summed E-state index contributed by atoms with van der Waals surface area (Å²) in [6.07, 6.45) is -17.2. The molecule has 0 saturated carbocycles. The van der Waals surface area contributed by atoms with E-state index in [0.717, 1.165) is 0 Å². The van der Waals surface area contributed by atoms with Crippen molar-refractivity contribution in [1.82, 2.24) is 0 Å². The summed E-state index contributed by atoms with van der Waals surface area (Å²) in [6.45, 7) is 0. The maximum atomic E-state index is 12.7. The minimum Gasteiger partial charge on any atom is -0.207 e. The Balaban J connectivity index is 4.05. The fraction of sp³-hybridized carbons (Fsp3) is 0.333. The quantitative estimate of drug-likeness (QED) is 0.524. The molecule has 0 fully saturated rings. The van der Waals surface area contributed by atoms with Crippen molar-refractivity contribution in [2.75, 3.05) is 0 Å².